The zero-order valence-electron chi connectivity index (χ0n) is 6.22. The van der Waals surface area contributed by atoms with E-state index in [-0.39, 0.29) is 10.7 Å². The lowest BCUT2D eigenvalue weighted by Gasteiger charge is -1.97. The highest BCUT2D eigenvalue weighted by Gasteiger charge is 1.90. The Kier molecular flexibility index (Phi) is 2.22. The van der Waals surface area contributed by atoms with Crippen molar-refractivity contribution in [2.75, 3.05) is 6.26 Å². The fraction of sp³-hybridized carbons (Fsp3) is 0.250. The van der Waals surface area contributed by atoms with Gasteiger partial charge >= 0.3 is 0 Å². The fourth-order valence-corrected chi connectivity index (χ4v) is 1.29. The van der Waals surface area contributed by atoms with Gasteiger partial charge in [-0.15, -0.1) is 0 Å². The standard InChI is InChI=1S/C8H11NS/c1-7-3-5-8(6-4-7)10(2)9/h3-6,9H,1-2H3/t10-/m1/s1. The summed E-state index contributed by atoms with van der Waals surface area (Å²) < 4.78 is 7.42. The van der Waals surface area contributed by atoms with Gasteiger partial charge in [0.25, 0.3) is 0 Å². The van der Waals surface area contributed by atoms with E-state index < -0.39 is 0 Å². The molecule has 0 bridgehead atoms. The van der Waals surface area contributed by atoms with E-state index in [1.807, 2.05) is 30.5 Å². The molecule has 0 radical (unpaired) electrons. The van der Waals surface area contributed by atoms with E-state index in [9.17, 15) is 0 Å². The maximum absolute atomic E-state index is 7.42. The van der Waals surface area contributed by atoms with Crippen molar-refractivity contribution in [2.24, 2.45) is 0 Å². The van der Waals surface area contributed by atoms with Gasteiger partial charge in [0, 0.05) is 4.90 Å². The van der Waals surface area contributed by atoms with Crippen LogP contribution >= 0.6 is 0 Å². The minimum atomic E-state index is -0.337. The molecule has 0 aromatic heterocycles. The van der Waals surface area contributed by atoms with Crippen LogP contribution in [-0.2, 0) is 10.7 Å². The summed E-state index contributed by atoms with van der Waals surface area (Å²) in [6.45, 7) is 2.06. The van der Waals surface area contributed by atoms with Gasteiger partial charge in [-0.2, -0.15) is 0 Å². The quantitative estimate of drug-likeness (QED) is 0.640. The van der Waals surface area contributed by atoms with Gasteiger partial charge in [0.2, 0.25) is 0 Å². The zero-order valence-corrected chi connectivity index (χ0v) is 7.03. The first-order chi connectivity index (χ1) is 4.70. The second kappa shape index (κ2) is 2.97. The Bertz CT molecular complexity index is 238. The smallest absolute Gasteiger partial charge is 0.0179 e. The summed E-state index contributed by atoms with van der Waals surface area (Å²) in [6.07, 6.45) is 1.91. The molecule has 0 unspecified atom stereocenters. The largest absolute Gasteiger partial charge is 0.276 e. The lowest BCUT2D eigenvalue weighted by Crippen LogP contribution is -1.83. The van der Waals surface area contributed by atoms with E-state index in [0.29, 0.717) is 0 Å². The third kappa shape index (κ3) is 1.67. The van der Waals surface area contributed by atoms with Crippen molar-refractivity contribution in [3.8, 4) is 0 Å². The van der Waals surface area contributed by atoms with Gasteiger partial charge in [0.05, 0.1) is 0 Å². The van der Waals surface area contributed by atoms with Crippen LogP contribution in [0.2, 0.25) is 0 Å². The van der Waals surface area contributed by atoms with E-state index in [0.717, 1.165) is 4.90 Å². The Hall–Kier alpha value is -0.630. The molecule has 2 heteroatoms. The Morgan fingerprint density at radius 2 is 1.70 bits per heavy atom. The summed E-state index contributed by atoms with van der Waals surface area (Å²) in [4.78, 5) is 1.12. The summed E-state index contributed by atoms with van der Waals surface area (Å²) >= 11 is 0. The normalized spacial score (nSPS) is 13.0. The second-order valence-electron chi connectivity index (χ2n) is 2.32. The van der Waals surface area contributed by atoms with Gasteiger partial charge in [-0.25, -0.2) is 0 Å². The molecular weight excluding hydrogens is 142 g/mol. The van der Waals surface area contributed by atoms with Gasteiger partial charge < -0.3 is 0 Å². The highest BCUT2D eigenvalue weighted by molar-refractivity contribution is 7.85. The van der Waals surface area contributed by atoms with Crippen molar-refractivity contribution in [1.82, 2.24) is 0 Å². The van der Waals surface area contributed by atoms with E-state index in [4.69, 9.17) is 4.78 Å². The maximum atomic E-state index is 7.42. The lowest BCUT2D eigenvalue weighted by molar-refractivity contribution is 1.36. The average molecular weight is 153 g/mol. The molecule has 0 amide bonds. The van der Waals surface area contributed by atoms with Crippen molar-refractivity contribution < 1.29 is 0 Å². The van der Waals surface area contributed by atoms with Crippen molar-refractivity contribution in [1.29, 1.82) is 4.78 Å². The summed E-state index contributed by atoms with van der Waals surface area (Å²) in [5.74, 6) is 0. The van der Waals surface area contributed by atoms with Crippen molar-refractivity contribution >= 4 is 10.7 Å². The van der Waals surface area contributed by atoms with E-state index >= 15 is 0 Å². The summed E-state index contributed by atoms with van der Waals surface area (Å²) in [6, 6.07) is 8.14. The molecular formula is C8H11NS. The average Bonchev–Trinajstić information content (AvgIpc) is 1.88. The predicted octanol–water partition coefficient (Wildman–Crippen LogP) is 2.36. The minimum absolute atomic E-state index is 0.337. The van der Waals surface area contributed by atoms with Crippen LogP contribution in [0, 0.1) is 11.7 Å². The van der Waals surface area contributed by atoms with E-state index in [2.05, 4.69) is 6.92 Å². The first-order valence-electron chi connectivity index (χ1n) is 3.14. The predicted molar refractivity (Wildman–Crippen MR) is 45.5 cm³/mol. The van der Waals surface area contributed by atoms with Crippen LogP contribution in [0.15, 0.2) is 29.2 Å². The molecule has 0 saturated heterocycles. The molecule has 0 aliphatic heterocycles. The molecule has 1 rings (SSSR count). The van der Waals surface area contributed by atoms with Gasteiger partial charge in [0.15, 0.2) is 0 Å². The molecule has 1 aromatic rings. The van der Waals surface area contributed by atoms with Crippen LogP contribution in [0.1, 0.15) is 5.56 Å². The maximum Gasteiger partial charge on any atom is 0.0179 e. The van der Waals surface area contributed by atoms with Crippen LogP contribution in [-0.4, -0.2) is 6.26 Å². The summed E-state index contributed by atoms with van der Waals surface area (Å²) in [5, 5.41) is 0. The summed E-state index contributed by atoms with van der Waals surface area (Å²) in [5.41, 5.74) is 1.26. The molecule has 1 nitrogen and oxygen atoms in total. The molecule has 0 saturated carbocycles. The second-order valence-corrected chi connectivity index (χ2v) is 3.82. The molecule has 1 atom stereocenters. The van der Waals surface area contributed by atoms with Crippen molar-refractivity contribution in [2.45, 2.75) is 11.8 Å². The van der Waals surface area contributed by atoms with Crippen LogP contribution in [0.4, 0.5) is 0 Å². The van der Waals surface area contributed by atoms with Crippen LogP contribution < -0.4 is 0 Å². The monoisotopic (exact) mass is 153 g/mol. The van der Waals surface area contributed by atoms with Crippen LogP contribution in [0.3, 0.4) is 0 Å². The number of hydrogen-bond donors (Lipinski definition) is 1. The fourth-order valence-electron chi connectivity index (χ4n) is 0.742. The Labute approximate surface area is 64.0 Å². The van der Waals surface area contributed by atoms with Gasteiger partial charge in [-0.3, -0.25) is 4.78 Å². The molecule has 1 N–H and O–H groups in total. The molecule has 10 heavy (non-hydrogen) atoms. The first-order valence-corrected chi connectivity index (χ1v) is 4.77. The molecule has 1 aromatic carbocycles. The molecule has 0 spiro atoms. The Morgan fingerprint density at radius 1 is 1.20 bits per heavy atom. The number of hydrogen-bond acceptors (Lipinski definition) is 1. The van der Waals surface area contributed by atoms with Crippen LogP contribution in [0.5, 0.6) is 0 Å². The molecule has 0 heterocycles. The number of nitrogens with one attached hydrogen (secondary N) is 1. The van der Waals surface area contributed by atoms with Crippen molar-refractivity contribution in [3.63, 3.8) is 0 Å². The first kappa shape index (κ1) is 7.48. The number of benzene rings is 1. The highest BCUT2D eigenvalue weighted by atomic mass is 32.2. The molecule has 0 fully saturated rings. The third-order valence-electron chi connectivity index (χ3n) is 1.37. The number of aryl methyl sites for hydroxylation is 1. The lowest BCUT2D eigenvalue weighted by atomic mass is 10.2. The molecule has 0 aliphatic rings. The third-order valence-corrected chi connectivity index (χ3v) is 2.35. The highest BCUT2D eigenvalue weighted by Crippen LogP contribution is 2.06. The Morgan fingerprint density at radius 3 is 2.10 bits per heavy atom. The molecule has 0 aliphatic carbocycles. The van der Waals surface area contributed by atoms with E-state index in [1.165, 1.54) is 5.56 Å². The summed E-state index contributed by atoms with van der Waals surface area (Å²) in [7, 11) is -0.337. The minimum Gasteiger partial charge on any atom is -0.276 e. The van der Waals surface area contributed by atoms with Crippen LogP contribution in [0.25, 0.3) is 0 Å². The SMILES string of the molecule is Cc1ccc([S@@](C)=N)cc1. The zero-order chi connectivity index (χ0) is 7.56. The topological polar surface area (TPSA) is 23.9 Å². The van der Waals surface area contributed by atoms with Crippen molar-refractivity contribution in [3.05, 3.63) is 29.8 Å². The number of rotatable bonds is 1. The van der Waals surface area contributed by atoms with Gasteiger partial charge in [0.1, 0.15) is 0 Å². The van der Waals surface area contributed by atoms with Gasteiger partial charge in [-0.05, 0) is 25.3 Å². The van der Waals surface area contributed by atoms with Gasteiger partial charge in [-0.1, -0.05) is 28.4 Å². The van der Waals surface area contributed by atoms with E-state index in [1.54, 1.807) is 0 Å². The molecule has 54 valence electrons. The Balaban J connectivity index is 3.00.